The zero-order valence-corrected chi connectivity index (χ0v) is 14.5. The van der Waals surface area contributed by atoms with Crippen molar-refractivity contribution in [2.45, 2.75) is 45.1 Å². The third-order valence-electron chi connectivity index (χ3n) is 3.85. The van der Waals surface area contributed by atoms with Crippen LogP contribution in [0.2, 0.25) is 0 Å². The summed E-state index contributed by atoms with van der Waals surface area (Å²) in [6.45, 7) is 6.39. The number of sulfonamides is 1. The zero-order valence-electron chi connectivity index (χ0n) is 13.7. The predicted octanol–water partition coefficient (Wildman–Crippen LogP) is 3.07. The summed E-state index contributed by atoms with van der Waals surface area (Å²) in [5, 5.41) is 0. The van der Waals surface area contributed by atoms with Crippen LogP contribution in [0.15, 0.2) is 46.1 Å². The van der Waals surface area contributed by atoms with Crippen molar-refractivity contribution in [1.29, 1.82) is 0 Å². The minimum atomic E-state index is -3.77. The van der Waals surface area contributed by atoms with Gasteiger partial charge in [-0.15, -0.1) is 0 Å². The van der Waals surface area contributed by atoms with Crippen molar-refractivity contribution in [3.05, 3.63) is 58.0 Å². The summed E-state index contributed by atoms with van der Waals surface area (Å²) in [7, 11) is -3.77. The molecule has 1 N–H and O–H groups in total. The number of pyridine rings is 1. The van der Waals surface area contributed by atoms with Gasteiger partial charge in [0.05, 0.1) is 4.90 Å². The monoisotopic (exact) mass is 334 g/mol. The summed E-state index contributed by atoms with van der Waals surface area (Å²) in [6.07, 6.45) is 1.83. The number of nitrogens with zero attached hydrogens (tertiary/aromatic N) is 1. The Hall–Kier alpha value is -2.08. The summed E-state index contributed by atoms with van der Waals surface area (Å²) in [5.41, 5.74) is 1.53. The van der Waals surface area contributed by atoms with Crippen LogP contribution in [0, 0.1) is 13.8 Å². The Morgan fingerprint density at radius 3 is 2.39 bits per heavy atom. The molecule has 0 unspecified atom stereocenters. The van der Waals surface area contributed by atoms with Crippen LogP contribution in [-0.2, 0) is 16.6 Å². The quantitative estimate of drug-likeness (QED) is 0.883. The number of hydrogen-bond acceptors (Lipinski definition) is 3. The first kappa shape index (κ1) is 17.3. The van der Waals surface area contributed by atoms with Gasteiger partial charge in [-0.25, -0.2) is 8.42 Å². The zero-order chi connectivity index (χ0) is 17.0. The van der Waals surface area contributed by atoms with E-state index in [1.807, 2.05) is 13.8 Å². The molecule has 0 aliphatic carbocycles. The Labute approximate surface area is 137 Å². The molecule has 1 aromatic carbocycles. The van der Waals surface area contributed by atoms with Gasteiger partial charge < -0.3 is 4.57 Å². The van der Waals surface area contributed by atoms with Crippen LogP contribution in [0.1, 0.15) is 31.0 Å². The first-order valence-corrected chi connectivity index (χ1v) is 9.14. The van der Waals surface area contributed by atoms with Crippen molar-refractivity contribution >= 4 is 15.7 Å². The maximum Gasteiger partial charge on any atom is 0.275 e. The molecule has 1 heterocycles. The van der Waals surface area contributed by atoms with Crippen LogP contribution in [0.25, 0.3) is 0 Å². The van der Waals surface area contributed by atoms with Gasteiger partial charge in [0, 0.05) is 12.2 Å². The molecule has 124 valence electrons. The average molecular weight is 334 g/mol. The van der Waals surface area contributed by atoms with Gasteiger partial charge >= 0.3 is 0 Å². The topological polar surface area (TPSA) is 68.2 Å². The van der Waals surface area contributed by atoms with Crippen molar-refractivity contribution in [2.75, 3.05) is 4.72 Å². The standard InChI is InChI=1S/C17H22N2O3S/c1-4-5-11-19-14(3)13(2)12-16(17(19)20)18-23(21,22)15-9-7-6-8-10-15/h6-10,12,18H,4-5,11H2,1-3H3. The molecule has 0 spiro atoms. The maximum absolute atomic E-state index is 12.6. The summed E-state index contributed by atoms with van der Waals surface area (Å²) < 4.78 is 28.9. The molecule has 0 radical (unpaired) electrons. The van der Waals surface area contributed by atoms with Gasteiger partial charge in [-0.3, -0.25) is 9.52 Å². The van der Waals surface area contributed by atoms with E-state index in [9.17, 15) is 13.2 Å². The lowest BCUT2D eigenvalue weighted by atomic mass is 10.2. The summed E-state index contributed by atoms with van der Waals surface area (Å²) in [6, 6.07) is 9.63. The second-order valence-electron chi connectivity index (χ2n) is 5.56. The molecule has 5 nitrogen and oxygen atoms in total. The molecule has 0 saturated carbocycles. The van der Waals surface area contributed by atoms with Crippen LogP contribution in [-0.4, -0.2) is 13.0 Å². The van der Waals surface area contributed by atoms with Gasteiger partial charge in [-0.1, -0.05) is 31.5 Å². The van der Waals surface area contributed by atoms with Crippen molar-refractivity contribution in [3.8, 4) is 0 Å². The molecular weight excluding hydrogens is 312 g/mol. The minimum Gasteiger partial charge on any atom is -0.311 e. The second-order valence-corrected chi connectivity index (χ2v) is 7.24. The van der Waals surface area contributed by atoms with Gasteiger partial charge in [-0.2, -0.15) is 0 Å². The molecule has 0 fully saturated rings. The molecule has 23 heavy (non-hydrogen) atoms. The van der Waals surface area contributed by atoms with Crippen LogP contribution in [0.5, 0.6) is 0 Å². The summed E-state index contributed by atoms with van der Waals surface area (Å²) in [5.74, 6) is 0. The fourth-order valence-electron chi connectivity index (χ4n) is 2.36. The highest BCUT2D eigenvalue weighted by Crippen LogP contribution is 2.16. The third kappa shape index (κ3) is 3.82. The fraction of sp³-hybridized carbons (Fsp3) is 0.353. The molecule has 0 bridgehead atoms. The van der Waals surface area contributed by atoms with E-state index >= 15 is 0 Å². The van der Waals surface area contributed by atoms with Crippen molar-refractivity contribution in [1.82, 2.24) is 4.57 Å². The van der Waals surface area contributed by atoms with E-state index in [1.165, 1.54) is 12.1 Å². The lowest BCUT2D eigenvalue weighted by Gasteiger charge is -2.15. The number of benzene rings is 1. The summed E-state index contributed by atoms with van der Waals surface area (Å²) >= 11 is 0. The average Bonchev–Trinajstić information content (AvgIpc) is 2.53. The normalized spacial score (nSPS) is 11.4. The molecule has 6 heteroatoms. The number of rotatable bonds is 6. The third-order valence-corrected chi connectivity index (χ3v) is 5.23. The van der Waals surface area contributed by atoms with Gasteiger partial charge in [-0.05, 0) is 44.0 Å². The van der Waals surface area contributed by atoms with E-state index in [-0.39, 0.29) is 16.1 Å². The predicted molar refractivity (Wildman–Crippen MR) is 92.3 cm³/mol. The first-order valence-electron chi connectivity index (χ1n) is 7.65. The van der Waals surface area contributed by atoms with E-state index in [0.29, 0.717) is 6.54 Å². The smallest absolute Gasteiger partial charge is 0.275 e. The van der Waals surface area contributed by atoms with E-state index < -0.39 is 10.0 Å². The molecule has 0 atom stereocenters. The molecule has 1 aromatic heterocycles. The molecule has 0 amide bonds. The minimum absolute atomic E-state index is 0.0908. The lowest BCUT2D eigenvalue weighted by Crippen LogP contribution is -2.28. The number of unbranched alkanes of at least 4 members (excludes halogenated alkanes) is 1. The molecule has 0 aliphatic rings. The number of hydrogen-bond donors (Lipinski definition) is 1. The molecule has 2 rings (SSSR count). The number of aromatic nitrogens is 1. The van der Waals surface area contributed by atoms with E-state index in [0.717, 1.165) is 24.1 Å². The highest BCUT2D eigenvalue weighted by atomic mass is 32.2. The van der Waals surface area contributed by atoms with Gasteiger partial charge in [0.25, 0.3) is 15.6 Å². The Balaban J connectivity index is 2.45. The molecule has 2 aromatic rings. The number of aryl methyl sites for hydroxylation is 1. The largest absolute Gasteiger partial charge is 0.311 e. The van der Waals surface area contributed by atoms with Gasteiger partial charge in [0.1, 0.15) is 5.69 Å². The Kier molecular flexibility index (Phi) is 5.26. The second kappa shape index (κ2) is 7.00. The fourth-order valence-corrected chi connectivity index (χ4v) is 3.42. The van der Waals surface area contributed by atoms with Gasteiger partial charge in [0.15, 0.2) is 0 Å². The Bertz CT molecular complexity index is 840. The van der Waals surface area contributed by atoms with Crippen LogP contribution in [0.4, 0.5) is 5.69 Å². The van der Waals surface area contributed by atoms with Crippen molar-refractivity contribution < 1.29 is 8.42 Å². The highest BCUT2D eigenvalue weighted by molar-refractivity contribution is 7.92. The number of anilines is 1. The van der Waals surface area contributed by atoms with Crippen molar-refractivity contribution in [2.24, 2.45) is 0 Å². The first-order chi connectivity index (χ1) is 10.9. The van der Waals surface area contributed by atoms with Crippen LogP contribution < -0.4 is 10.3 Å². The van der Waals surface area contributed by atoms with Crippen LogP contribution >= 0.6 is 0 Å². The van der Waals surface area contributed by atoms with E-state index in [4.69, 9.17) is 0 Å². The molecular formula is C17H22N2O3S. The SMILES string of the molecule is CCCCn1c(C)c(C)cc(NS(=O)(=O)c2ccccc2)c1=O. The Morgan fingerprint density at radius 1 is 1.13 bits per heavy atom. The molecule has 0 saturated heterocycles. The van der Waals surface area contributed by atoms with Crippen LogP contribution in [0.3, 0.4) is 0 Å². The number of nitrogens with one attached hydrogen (secondary N) is 1. The van der Waals surface area contributed by atoms with E-state index in [1.54, 1.807) is 28.8 Å². The molecule has 0 aliphatic heterocycles. The summed E-state index contributed by atoms with van der Waals surface area (Å²) in [4.78, 5) is 12.7. The van der Waals surface area contributed by atoms with Gasteiger partial charge in [0.2, 0.25) is 0 Å². The van der Waals surface area contributed by atoms with Crippen molar-refractivity contribution in [3.63, 3.8) is 0 Å². The Morgan fingerprint density at radius 2 is 1.78 bits per heavy atom. The maximum atomic E-state index is 12.6. The highest BCUT2D eigenvalue weighted by Gasteiger charge is 2.17. The lowest BCUT2D eigenvalue weighted by molar-refractivity contribution is 0.594. The van der Waals surface area contributed by atoms with E-state index in [2.05, 4.69) is 11.6 Å².